The predicted octanol–water partition coefficient (Wildman–Crippen LogP) is 3.88. The van der Waals surface area contributed by atoms with Crippen LogP contribution in [0.1, 0.15) is 37.8 Å². The van der Waals surface area contributed by atoms with Crippen molar-refractivity contribution in [3.8, 4) is 0 Å². The molecular formula is C15H19NO. The Hall–Kier alpha value is -1.28. The first kappa shape index (κ1) is 10.8. The van der Waals surface area contributed by atoms with E-state index < -0.39 is 0 Å². The van der Waals surface area contributed by atoms with E-state index in [-0.39, 0.29) is 0 Å². The molecule has 2 heteroatoms. The largest absolute Gasteiger partial charge is 0.464 e. The number of furan rings is 1. The summed E-state index contributed by atoms with van der Waals surface area (Å²) < 4.78 is 5.65. The monoisotopic (exact) mass is 229 g/mol. The normalized spacial score (nSPS) is 17.5. The molecule has 1 atom stereocenters. The summed E-state index contributed by atoms with van der Waals surface area (Å²) >= 11 is 0. The fourth-order valence-electron chi connectivity index (χ4n) is 2.50. The van der Waals surface area contributed by atoms with Crippen LogP contribution in [0.3, 0.4) is 0 Å². The first-order valence-electron chi connectivity index (χ1n) is 6.59. The Balaban J connectivity index is 1.94. The maximum atomic E-state index is 5.65. The van der Waals surface area contributed by atoms with E-state index in [9.17, 15) is 0 Å². The number of hydrogen-bond donors (Lipinski definition) is 1. The average molecular weight is 229 g/mol. The number of nitrogens with one attached hydrogen (secondary N) is 1. The lowest BCUT2D eigenvalue weighted by atomic mass is 10.0. The van der Waals surface area contributed by atoms with Crippen LogP contribution < -0.4 is 5.32 Å². The first-order valence-corrected chi connectivity index (χ1v) is 6.59. The zero-order valence-electron chi connectivity index (χ0n) is 10.3. The van der Waals surface area contributed by atoms with E-state index in [1.165, 1.54) is 30.2 Å². The number of rotatable bonds is 5. The van der Waals surface area contributed by atoms with E-state index >= 15 is 0 Å². The Morgan fingerprint density at radius 1 is 1.35 bits per heavy atom. The molecule has 0 saturated heterocycles. The quantitative estimate of drug-likeness (QED) is 0.841. The van der Waals surface area contributed by atoms with Crippen LogP contribution in [0.5, 0.6) is 0 Å². The summed E-state index contributed by atoms with van der Waals surface area (Å²) in [5.74, 6) is 0.808. The van der Waals surface area contributed by atoms with Gasteiger partial charge in [0, 0.05) is 17.0 Å². The zero-order chi connectivity index (χ0) is 11.7. The third-order valence-electron chi connectivity index (χ3n) is 3.55. The van der Waals surface area contributed by atoms with Gasteiger partial charge >= 0.3 is 0 Å². The van der Waals surface area contributed by atoms with Crippen molar-refractivity contribution in [2.75, 3.05) is 6.54 Å². The summed E-state index contributed by atoms with van der Waals surface area (Å²) in [6.07, 6.45) is 5.82. The summed E-state index contributed by atoms with van der Waals surface area (Å²) in [7, 11) is 0. The molecule has 1 fully saturated rings. The van der Waals surface area contributed by atoms with Crippen molar-refractivity contribution < 1.29 is 4.42 Å². The van der Waals surface area contributed by atoms with Gasteiger partial charge in [0.25, 0.3) is 0 Å². The van der Waals surface area contributed by atoms with Gasteiger partial charge < -0.3 is 9.73 Å². The fraction of sp³-hybridized carbons (Fsp3) is 0.467. The van der Waals surface area contributed by atoms with Crippen LogP contribution in [0.25, 0.3) is 11.0 Å². The highest BCUT2D eigenvalue weighted by atomic mass is 16.3. The minimum Gasteiger partial charge on any atom is -0.464 e. The van der Waals surface area contributed by atoms with Gasteiger partial charge in [0.2, 0.25) is 0 Å². The second-order valence-corrected chi connectivity index (χ2v) is 4.96. The van der Waals surface area contributed by atoms with Crippen molar-refractivity contribution >= 4 is 11.0 Å². The lowest BCUT2D eigenvalue weighted by Crippen LogP contribution is -2.23. The van der Waals surface area contributed by atoms with Gasteiger partial charge in [0.15, 0.2) is 0 Å². The molecule has 1 unspecified atom stereocenters. The Labute approximate surface area is 102 Å². The van der Waals surface area contributed by atoms with E-state index in [1.807, 2.05) is 18.4 Å². The maximum Gasteiger partial charge on any atom is 0.134 e. The van der Waals surface area contributed by atoms with Gasteiger partial charge in [-0.25, -0.2) is 0 Å². The molecular weight excluding hydrogens is 210 g/mol. The SMILES string of the molecule is CCCNC(c1coc2ccccc12)C1CC1. The summed E-state index contributed by atoms with van der Waals surface area (Å²) in [6.45, 7) is 3.30. The minimum atomic E-state index is 0.485. The molecule has 0 bridgehead atoms. The van der Waals surface area contributed by atoms with E-state index in [4.69, 9.17) is 4.42 Å². The highest BCUT2D eigenvalue weighted by molar-refractivity contribution is 5.81. The molecule has 3 rings (SSSR count). The van der Waals surface area contributed by atoms with Crippen molar-refractivity contribution in [1.82, 2.24) is 5.32 Å². The summed E-state index contributed by atoms with van der Waals surface area (Å²) in [6, 6.07) is 8.81. The molecule has 1 aliphatic rings. The molecule has 1 heterocycles. The van der Waals surface area contributed by atoms with Gasteiger partial charge in [-0.05, 0) is 37.8 Å². The molecule has 0 radical (unpaired) electrons. The van der Waals surface area contributed by atoms with Gasteiger partial charge in [0.05, 0.1) is 6.26 Å². The van der Waals surface area contributed by atoms with E-state index in [0.717, 1.165) is 18.0 Å². The van der Waals surface area contributed by atoms with Crippen molar-refractivity contribution in [1.29, 1.82) is 0 Å². The first-order chi connectivity index (χ1) is 8.40. The maximum absolute atomic E-state index is 5.65. The molecule has 90 valence electrons. The van der Waals surface area contributed by atoms with E-state index in [2.05, 4.69) is 24.4 Å². The molecule has 1 aromatic carbocycles. The Kier molecular flexibility index (Phi) is 2.89. The smallest absolute Gasteiger partial charge is 0.134 e. The molecule has 0 aliphatic heterocycles. The fourth-order valence-corrected chi connectivity index (χ4v) is 2.50. The average Bonchev–Trinajstić information content (AvgIpc) is 3.11. The molecule has 2 nitrogen and oxygen atoms in total. The lowest BCUT2D eigenvalue weighted by Gasteiger charge is -2.16. The zero-order valence-corrected chi connectivity index (χ0v) is 10.3. The molecule has 1 aromatic heterocycles. The molecule has 0 spiro atoms. The van der Waals surface area contributed by atoms with Crippen molar-refractivity contribution in [3.63, 3.8) is 0 Å². The third kappa shape index (κ3) is 2.09. The predicted molar refractivity (Wildman–Crippen MR) is 70.0 cm³/mol. The standard InChI is InChI=1S/C15H19NO/c1-2-9-16-15(11-7-8-11)13-10-17-14-6-4-3-5-12(13)14/h3-6,10-11,15-16H,2,7-9H2,1H3. The molecule has 1 saturated carbocycles. The minimum absolute atomic E-state index is 0.485. The third-order valence-corrected chi connectivity index (χ3v) is 3.55. The Bertz CT molecular complexity index is 498. The molecule has 1 N–H and O–H groups in total. The lowest BCUT2D eigenvalue weighted by molar-refractivity contribution is 0.476. The Morgan fingerprint density at radius 3 is 2.94 bits per heavy atom. The van der Waals surface area contributed by atoms with Crippen LogP contribution in [-0.2, 0) is 0 Å². The summed E-state index contributed by atoms with van der Waals surface area (Å²) in [4.78, 5) is 0. The van der Waals surface area contributed by atoms with Crippen molar-refractivity contribution in [2.45, 2.75) is 32.2 Å². The second-order valence-electron chi connectivity index (χ2n) is 4.96. The number of fused-ring (bicyclic) bond motifs is 1. The molecule has 2 aromatic rings. The van der Waals surface area contributed by atoms with Gasteiger partial charge in [-0.2, -0.15) is 0 Å². The molecule has 0 amide bonds. The van der Waals surface area contributed by atoms with Crippen LogP contribution in [0, 0.1) is 5.92 Å². The second kappa shape index (κ2) is 4.53. The number of benzene rings is 1. The summed E-state index contributed by atoms with van der Waals surface area (Å²) in [5.41, 5.74) is 2.35. The van der Waals surface area contributed by atoms with Gasteiger partial charge in [-0.15, -0.1) is 0 Å². The highest BCUT2D eigenvalue weighted by Gasteiger charge is 2.33. The van der Waals surface area contributed by atoms with Crippen LogP contribution in [0.4, 0.5) is 0 Å². The highest BCUT2D eigenvalue weighted by Crippen LogP contribution is 2.43. The van der Waals surface area contributed by atoms with Crippen LogP contribution in [-0.4, -0.2) is 6.54 Å². The van der Waals surface area contributed by atoms with Crippen LogP contribution >= 0.6 is 0 Å². The van der Waals surface area contributed by atoms with E-state index in [0.29, 0.717) is 6.04 Å². The number of hydrogen-bond acceptors (Lipinski definition) is 2. The molecule has 17 heavy (non-hydrogen) atoms. The van der Waals surface area contributed by atoms with Gasteiger partial charge in [-0.1, -0.05) is 25.1 Å². The van der Waals surface area contributed by atoms with Gasteiger partial charge in [-0.3, -0.25) is 0 Å². The van der Waals surface area contributed by atoms with Crippen molar-refractivity contribution in [3.05, 3.63) is 36.1 Å². The summed E-state index contributed by atoms with van der Waals surface area (Å²) in [5, 5.41) is 4.94. The topological polar surface area (TPSA) is 25.2 Å². The van der Waals surface area contributed by atoms with Crippen molar-refractivity contribution in [2.24, 2.45) is 5.92 Å². The van der Waals surface area contributed by atoms with Crippen LogP contribution in [0.2, 0.25) is 0 Å². The van der Waals surface area contributed by atoms with Crippen LogP contribution in [0.15, 0.2) is 34.9 Å². The van der Waals surface area contributed by atoms with E-state index in [1.54, 1.807) is 0 Å². The number of para-hydroxylation sites is 1. The Morgan fingerprint density at radius 2 is 2.18 bits per heavy atom. The molecule has 1 aliphatic carbocycles. The van der Waals surface area contributed by atoms with Gasteiger partial charge in [0.1, 0.15) is 5.58 Å².